The van der Waals surface area contributed by atoms with Gasteiger partial charge in [-0.3, -0.25) is 0 Å². The highest BCUT2D eigenvalue weighted by molar-refractivity contribution is 5.47. The van der Waals surface area contributed by atoms with E-state index in [2.05, 4.69) is 58.9 Å². The van der Waals surface area contributed by atoms with Gasteiger partial charge in [-0.05, 0) is 72.4 Å². The van der Waals surface area contributed by atoms with E-state index in [4.69, 9.17) is 0 Å². The number of phenolic OH excluding ortho intramolecular Hbond substituents is 2. The van der Waals surface area contributed by atoms with Crippen LogP contribution in [-0.2, 0) is 18.3 Å². The fourth-order valence-electron chi connectivity index (χ4n) is 4.21. The van der Waals surface area contributed by atoms with Crippen molar-refractivity contribution in [2.24, 2.45) is 5.92 Å². The Morgan fingerprint density at radius 2 is 1.21 bits per heavy atom. The van der Waals surface area contributed by atoms with Crippen molar-refractivity contribution in [1.82, 2.24) is 0 Å². The maximum atomic E-state index is 10.3. The van der Waals surface area contributed by atoms with Gasteiger partial charge in [-0.25, -0.2) is 0 Å². The van der Waals surface area contributed by atoms with Gasteiger partial charge < -0.3 is 10.2 Å². The van der Waals surface area contributed by atoms with Gasteiger partial charge in [0.05, 0.1) is 0 Å². The molecular weight excluding hydrogens is 344 g/mol. The first-order valence-electron chi connectivity index (χ1n) is 11.0. The molecule has 0 atom stereocenters. The van der Waals surface area contributed by atoms with E-state index in [0.29, 0.717) is 17.4 Å². The Hall–Kier alpha value is -1.96. The molecule has 2 rings (SSSR count). The molecule has 2 nitrogen and oxygen atoms in total. The van der Waals surface area contributed by atoms with Crippen molar-refractivity contribution in [3.8, 4) is 11.5 Å². The van der Waals surface area contributed by atoms with Gasteiger partial charge >= 0.3 is 0 Å². The van der Waals surface area contributed by atoms with Crippen LogP contribution >= 0.6 is 0 Å². The molecule has 0 saturated carbocycles. The van der Waals surface area contributed by atoms with Crippen molar-refractivity contribution in [1.29, 1.82) is 0 Å². The average molecular weight is 383 g/mol. The third-order valence-corrected chi connectivity index (χ3v) is 5.85. The van der Waals surface area contributed by atoms with Crippen molar-refractivity contribution in [2.75, 3.05) is 0 Å². The molecular formula is C26H38O2. The zero-order chi connectivity index (χ0) is 20.7. The zero-order valence-electron chi connectivity index (χ0n) is 18.4. The predicted molar refractivity (Wildman–Crippen MR) is 119 cm³/mol. The molecule has 0 aliphatic heterocycles. The summed E-state index contributed by atoms with van der Waals surface area (Å²) in [6.45, 7) is 11.2. The summed E-state index contributed by atoms with van der Waals surface area (Å²) in [6.07, 6.45) is 7.23. The molecule has 2 aromatic rings. The molecule has 2 heteroatoms. The van der Waals surface area contributed by atoms with Gasteiger partial charge in [0.2, 0.25) is 0 Å². The van der Waals surface area contributed by atoms with Crippen molar-refractivity contribution < 1.29 is 10.2 Å². The molecule has 0 unspecified atom stereocenters. The fraction of sp³-hybridized carbons (Fsp3) is 0.538. The third-order valence-electron chi connectivity index (χ3n) is 5.85. The molecule has 0 aromatic heterocycles. The number of hydrogen-bond donors (Lipinski definition) is 2. The number of phenols is 2. The monoisotopic (exact) mass is 382 g/mol. The Labute approximate surface area is 171 Å². The highest BCUT2D eigenvalue weighted by atomic mass is 16.3. The van der Waals surface area contributed by atoms with E-state index in [1.54, 1.807) is 0 Å². The smallest absolute Gasteiger partial charge is 0.118 e. The Kier molecular flexibility index (Phi) is 7.98. The van der Waals surface area contributed by atoms with Crippen molar-refractivity contribution in [2.45, 2.75) is 85.0 Å². The van der Waals surface area contributed by atoms with Gasteiger partial charge in [0.15, 0.2) is 0 Å². The summed E-state index contributed by atoms with van der Waals surface area (Å²) in [6, 6.07) is 12.3. The molecule has 2 aromatic carbocycles. The summed E-state index contributed by atoms with van der Waals surface area (Å²) >= 11 is 0. The fourth-order valence-corrected chi connectivity index (χ4v) is 4.21. The number of unbranched alkanes of at least 4 members (excludes halogenated alkanes) is 2. The van der Waals surface area contributed by atoms with Crippen LogP contribution in [0.15, 0.2) is 36.4 Å². The maximum Gasteiger partial charge on any atom is 0.118 e. The summed E-state index contributed by atoms with van der Waals surface area (Å²) < 4.78 is 0. The van der Waals surface area contributed by atoms with Crippen LogP contribution in [0.3, 0.4) is 0 Å². The van der Waals surface area contributed by atoms with Crippen molar-refractivity contribution >= 4 is 0 Å². The molecule has 0 saturated heterocycles. The number of aryl methyl sites for hydroxylation is 2. The number of benzene rings is 2. The predicted octanol–water partition coefficient (Wildman–Crippen LogP) is 7.14. The Bertz CT molecular complexity index is 704. The van der Waals surface area contributed by atoms with Crippen LogP contribution in [0.4, 0.5) is 0 Å². The number of aromatic hydroxyl groups is 2. The maximum absolute atomic E-state index is 10.3. The first-order valence-corrected chi connectivity index (χ1v) is 11.0. The molecule has 0 heterocycles. The lowest BCUT2D eigenvalue weighted by molar-refractivity contribution is 0.422. The quantitative estimate of drug-likeness (QED) is 0.458. The van der Waals surface area contributed by atoms with E-state index in [1.165, 1.54) is 11.1 Å². The van der Waals surface area contributed by atoms with Crippen LogP contribution in [0.1, 0.15) is 89.0 Å². The molecule has 0 aliphatic carbocycles. The molecule has 154 valence electrons. The van der Waals surface area contributed by atoms with E-state index in [-0.39, 0.29) is 5.41 Å². The van der Waals surface area contributed by atoms with Crippen LogP contribution in [0.25, 0.3) is 0 Å². The van der Waals surface area contributed by atoms with Crippen molar-refractivity contribution in [3.63, 3.8) is 0 Å². The standard InChI is InChI=1S/C26H38O2/c1-6-8-10-20-16-22(12-14-24(20)27)26(5,18-19(3)4)23-13-15-25(28)21(17-23)11-9-7-2/h12-17,19,27-28H,6-11,18H2,1-5H3. The second kappa shape index (κ2) is 10.0. The SMILES string of the molecule is CCCCc1cc(C(C)(CC(C)C)c2ccc(O)c(CCCC)c2)ccc1O. The topological polar surface area (TPSA) is 40.5 Å². The number of hydrogen-bond acceptors (Lipinski definition) is 2. The van der Waals surface area contributed by atoms with E-state index in [0.717, 1.165) is 56.1 Å². The molecule has 2 N–H and O–H groups in total. The Morgan fingerprint density at radius 3 is 1.57 bits per heavy atom. The van der Waals surface area contributed by atoms with E-state index >= 15 is 0 Å². The summed E-state index contributed by atoms with van der Waals surface area (Å²) in [5, 5.41) is 20.6. The van der Waals surface area contributed by atoms with Crippen LogP contribution in [-0.4, -0.2) is 10.2 Å². The minimum atomic E-state index is -0.155. The van der Waals surface area contributed by atoms with Gasteiger partial charge in [-0.2, -0.15) is 0 Å². The minimum Gasteiger partial charge on any atom is -0.508 e. The lowest BCUT2D eigenvalue weighted by atomic mass is 9.70. The number of rotatable bonds is 10. The van der Waals surface area contributed by atoms with Crippen LogP contribution in [0.2, 0.25) is 0 Å². The van der Waals surface area contributed by atoms with Gasteiger partial charge in [0.25, 0.3) is 0 Å². The van der Waals surface area contributed by atoms with Crippen molar-refractivity contribution in [3.05, 3.63) is 58.7 Å². The van der Waals surface area contributed by atoms with Gasteiger partial charge in [0.1, 0.15) is 11.5 Å². The largest absolute Gasteiger partial charge is 0.508 e. The van der Waals surface area contributed by atoms with Crippen LogP contribution in [0, 0.1) is 5.92 Å². The highest BCUT2D eigenvalue weighted by Crippen LogP contribution is 2.41. The minimum absolute atomic E-state index is 0.155. The molecule has 0 spiro atoms. The summed E-state index contributed by atoms with van der Waals surface area (Å²) in [4.78, 5) is 0. The molecule has 0 amide bonds. The molecule has 0 bridgehead atoms. The Balaban J connectivity index is 2.52. The molecule has 0 aliphatic rings. The summed E-state index contributed by atoms with van der Waals surface area (Å²) in [5.41, 5.74) is 4.42. The first-order chi connectivity index (χ1) is 13.3. The van der Waals surface area contributed by atoms with Crippen LogP contribution in [0.5, 0.6) is 11.5 Å². The third kappa shape index (κ3) is 5.31. The van der Waals surface area contributed by atoms with Gasteiger partial charge in [-0.1, -0.05) is 71.7 Å². The molecule has 0 radical (unpaired) electrons. The van der Waals surface area contributed by atoms with Gasteiger partial charge in [0, 0.05) is 5.41 Å². The van der Waals surface area contributed by atoms with E-state index in [9.17, 15) is 10.2 Å². The van der Waals surface area contributed by atoms with Crippen LogP contribution < -0.4 is 0 Å². The summed E-state index contributed by atoms with van der Waals surface area (Å²) in [5.74, 6) is 1.34. The highest BCUT2D eigenvalue weighted by Gasteiger charge is 2.31. The second-order valence-electron chi connectivity index (χ2n) is 8.82. The van der Waals surface area contributed by atoms with E-state index in [1.807, 2.05) is 12.1 Å². The van der Waals surface area contributed by atoms with Gasteiger partial charge in [-0.15, -0.1) is 0 Å². The normalized spacial score (nSPS) is 11.9. The molecule has 0 fully saturated rings. The zero-order valence-corrected chi connectivity index (χ0v) is 18.4. The average Bonchev–Trinajstić information content (AvgIpc) is 2.66. The lowest BCUT2D eigenvalue weighted by Crippen LogP contribution is -2.26. The Morgan fingerprint density at radius 1 is 0.786 bits per heavy atom. The first kappa shape index (κ1) is 22.3. The summed E-state index contributed by atoms with van der Waals surface area (Å²) in [7, 11) is 0. The van der Waals surface area contributed by atoms with E-state index < -0.39 is 0 Å². The lowest BCUT2D eigenvalue weighted by Gasteiger charge is -2.34. The molecule has 28 heavy (non-hydrogen) atoms. The second-order valence-corrected chi connectivity index (χ2v) is 8.82.